The number of rotatable bonds is 6. The van der Waals surface area contributed by atoms with Crippen LogP contribution in [0.25, 0.3) is 0 Å². The van der Waals surface area contributed by atoms with Gasteiger partial charge in [-0.15, -0.1) is 0 Å². The molecule has 0 aromatic heterocycles. The van der Waals surface area contributed by atoms with Crippen molar-refractivity contribution in [3.05, 3.63) is 29.3 Å². The Hall–Kier alpha value is -1.79. The molecule has 1 fully saturated rings. The van der Waals surface area contributed by atoms with Crippen molar-refractivity contribution in [2.75, 3.05) is 41.0 Å². The molecule has 0 aliphatic carbocycles. The Morgan fingerprint density at radius 1 is 1.32 bits per heavy atom. The van der Waals surface area contributed by atoms with Crippen LogP contribution in [0, 0.1) is 6.92 Å². The summed E-state index contributed by atoms with van der Waals surface area (Å²) in [6, 6.07) is 6.25. The van der Waals surface area contributed by atoms with Crippen LogP contribution >= 0.6 is 0 Å². The molecule has 0 amide bonds. The first-order valence-electron chi connectivity index (χ1n) is 8.78. The number of nitrogens with one attached hydrogen (secondary N) is 2. The number of ether oxygens (including phenoxy) is 3. The van der Waals surface area contributed by atoms with Crippen LogP contribution in [0.5, 0.6) is 5.75 Å². The van der Waals surface area contributed by atoms with E-state index in [2.05, 4.69) is 41.6 Å². The third kappa shape index (κ3) is 5.09. The zero-order valence-electron chi connectivity index (χ0n) is 16.0. The summed E-state index contributed by atoms with van der Waals surface area (Å²) in [6.45, 7) is 6.35. The maximum Gasteiger partial charge on any atom is 0.191 e. The number of aliphatic imine (C=N–C) groups is 1. The molecule has 6 nitrogen and oxygen atoms in total. The molecule has 1 aromatic rings. The fourth-order valence-corrected chi connectivity index (χ4v) is 3.11. The van der Waals surface area contributed by atoms with Crippen molar-refractivity contribution < 1.29 is 14.2 Å². The van der Waals surface area contributed by atoms with Crippen LogP contribution in [0.2, 0.25) is 0 Å². The molecule has 0 bridgehead atoms. The van der Waals surface area contributed by atoms with Crippen molar-refractivity contribution in [2.24, 2.45) is 4.99 Å². The quantitative estimate of drug-likeness (QED) is 0.610. The van der Waals surface area contributed by atoms with Gasteiger partial charge in [-0.2, -0.15) is 0 Å². The predicted molar refractivity (Wildman–Crippen MR) is 100 cm³/mol. The summed E-state index contributed by atoms with van der Waals surface area (Å²) in [5.41, 5.74) is 2.12. The first kappa shape index (κ1) is 19.5. The highest BCUT2D eigenvalue weighted by atomic mass is 16.5. The molecule has 0 radical (unpaired) electrons. The number of hydrogen-bond donors (Lipinski definition) is 2. The average molecular weight is 349 g/mol. The average Bonchev–Trinajstić information content (AvgIpc) is 2.65. The Morgan fingerprint density at radius 3 is 2.64 bits per heavy atom. The molecule has 1 aliphatic heterocycles. The van der Waals surface area contributed by atoms with Crippen LogP contribution in [0.1, 0.15) is 36.9 Å². The number of methoxy groups -OCH3 is 2. The molecule has 1 saturated heterocycles. The minimum absolute atomic E-state index is 0.0641. The highest BCUT2D eigenvalue weighted by molar-refractivity contribution is 5.80. The largest absolute Gasteiger partial charge is 0.496 e. The predicted octanol–water partition coefficient (Wildman–Crippen LogP) is 2.43. The van der Waals surface area contributed by atoms with Gasteiger partial charge in [-0.25, -0.2) is 0 Å². The highest BCUT2D eigenvalue weighted by Gasteiger charge is 2.32. The molecule has 140 valence electrons. The van der Waals surface area contributed by atoms with E-state index in [-0.39, 0.29) is 11.6 Å². The second kappa shape index (κ2) is 9.06. The second-order valence-electron chi connectivity index (χ2n) is 6.54. The van der Waals surface area contributed by atoms with Crippen LogP contribution in [0.4, 0.5) is 0 Å². The Morgan fingerprint density at radius 2 is 2.04 bits per heavy atom. The lowest BCUT2D eigenvalue weighted by atomic mass is 9.94. The van der Waals surface area contributed by atoms with Crippen molar-refractivity contribution in [3.63, 3.8) is 0 Å². The molecule has 1 aromatic carbocycles. The van der Waals surface area contributed by atoms with Crippen LogP contribution < -0.4 is 15.4 Å². The van der Waals surface area contributed by atoms with Crippen molar-refractivity contribution in [2.45, 2.75) is 38.3 Å². The molecule has 1 heterocycles. The zero-order valence-corrected chi connectivity index (χ0v) is 16.0. The summed E-state index contributed by atoms with van der Waals surface area (Å²) in [4.78, 5) is 4.35. The van der Waals surface area contributed by atoms with E-state index >= 15 is 0 Å². The lowest BCUT2D eigenvalue weighted by Crippen LogP contribution is -2.51. The summed E-state index contributed by atoms with van der Waals surface area (Å²) in [5.74, 6) is 1.62. The van der Waals surface area contributed by atoms with E-state index in [9.17, 15) is 0 Å². The van der Waals surface area contributed by atoms with Crippen LogP contribution in [0.3, 0.4) is 0 Å². The van der Waals surface area contributed by atoms with Gasteiger partial charge in [-0.05, 0) is 19.9 Å². The first-order valence-corrected chi connectivity index (χ1v) is 8.78. The summed E-state index contributed by atoms with van der Waals surface area (Å²) in [7, 11) is 5.24. The van der Waals surface area contributed by atoms with Crippen LogP contribution in [0.15, 0.2) is 23.2 Å². The van der Waals surface area contributed by atoms with Gasteiger partial charge in [-0.1, -0.05) is 17.7 Å². The molecule has 1 aliphatic rings. The molecule has 25 heavy (non-hydrogen) atoms. The van der Waals surface area contributed by atoms with Crippen molar-refractivity contribution in [1.29, 1.82) is 0 Å². The van der Waals surface area contributed by atoms with Gasteiger partial charge in [0.2, 0.25) is 0 Å². The van der Waals surface area contributed by atoms with Crippen LogP contribution in [-0.4, -0.2) is 52.6 Å². The number of nitrogens with zero attached hydrogens (tertiary/aromatic N) is 1. The fourth-order valence-electron chi connectivity index (χ4n) is 3.11. The minimum atomic E-state index is -0.194. The number of aryl methyl sites for hydroxylation is 1. The Balaban J connectivity index is 2.01. The Kier molecular flexibility index (Phi) is 7.08. The molecule has 0 spiro atoms. The maximum atomic E-state index is 5.77. The fraction of sp³-hybridized carbons (Fsp3) is 0.632. The Labute approximate surface area is 151 Å². The summed E-state index contributed by atoms with van der Waals surface area (Å²) in [5, 5.41) is 6.84. The summed E-state index contributed by atoms with van der Waals surface area (Å²) < 4.78 is 16.7. The molecule has 2 N–H and O–H groups in total. The molecule has 0 saturated carbocycles. The van der Waals surface area contributed by atoms with Gasteiger partial charge in [-0.3, -0.25) is 4.99 Å². The van der Waals surface area contributed by atoms with Gasteiger partial charge < -0.3 is 24.8 Å². The van der Waals surface area contributed by atoms with Gasteiger partial charge in [0.05, 0.1) is 18.8 Å². The third-order valence-corrected chi connectivity index (χ3v) is 4.84. The lowest BCUT2D eigenvalue weighted by molar-refractivity contribution is -0.0855. The van der Waals surface area contributed by atoms with Gasteiger partial charge in [0.25, 0.3) is 0 Å². The van der Waals surface area contributed by atoms with Gasteiger partial charge in [0, 0.05) is 52.3 Å². The van der Waals surface area contributed by atoms with E-state index in [4.69, 9.17) is 14.2 Å². The Bertz CT molecular complexity index is 583. The molecular formula is C19H31N3O3. The molecule has 1 unspecified atom stereocenters. The van der Waals surface area contributed by atoms with E-state index in [1.807, 2.05) is 6.07 Å². The van der Waals surface area contributed by atoms with Crippen LogP contribution in [-0.2, 0) is 9.47 Å². The highest BCUT2D eigenvalue weighted by Crippen LogP contribution is 2.26. The summed E-state index contributed by atoms with van der Waals surface area (Å²) in [6.07, 6.45) is 1.77. The van der Waals surface area contributed by atoms with Gasteiger partial charge >= 0.3 is 0 Å². The maximum absolute atomic E-state index is 5.77. The van der Waals surface area contributed by atoms with E-state index in [1.54, 1.807) is 21.3 Å². The number of guanidine groups is 1. The molecular weight excluding hydrogens is 318 g/mol. The summed E-state index contributed by atoms with van der Waals surface area (Å²) >= 11 is 0. The van der Waals surface area contributed by atoms with Crippen molar-refractivity contribution in [1.82, 2.24) is 10.6 Å². The second-order valence-corrected chi connectivity index (χ2v) is 6.54. The zero-order chi connectivity index (χ0) is 18.3. The van der Waals surface area contributed by atoms with Crippen molar-refractivity contribution >= 4 is 5.96 Å². The van der Waals surface area contributed by atoms with E-state index in [1.165, 1.54) is 5.56 Å². The topological polar surface area (TPSA) is 64.1 Å². The van der Waals surface area contributed by atoms with E-state index in [0.717, 1.165) is 43.3 Å². The standard InChI is InChI=1S/C19H31N3O3/c1-14-6-7-17(23-4)16(12-14)15(2)22-18(20-3)21-13-19(24-5)8-10-25-11-9-19/h6-7,12,15H,8-11,13H2,1-5H3,(H2,20,21,22). The molecule has 1 atom stereocenters. The molecule has 2 rings (SSSR count). The van der Waals surface area contributed by atoms with Gasteiger partial charge in [0.15, 0.2) is 5.96 Å². The van der Waals surface area contributed by atoms with E-state index < -0.39 is 0 Å². The number of hydrogen-bond acceptors (Lipinski definition) is 4. The smallest absolute Gasteiger partial charge is 0.191 e. The lowest BCUT2D eigenvalue weighted by Gasteiger charge is -2.36. The first-order chi connectivity index (χ1) is 12.0. The van der Waals surface area contributed by atoms with Gasteiger partial charge in [0.1, 0.15) is 5.75 Å². The third-order valence-electron chi connectivity index (χ3n) is 4.84. The monoisotopic (exact) mass is 349 g/mol. The SMILES string of the molecule is CN=C(NCC1(OC)CCOCC1)NC(C)c1cc(C)ccc1OC. The minimum Gasteiger partial charge on any atom is -0.496 e. The molecule has 6 heteroatoms. The van der Waals surface area contributed by atoms with Crippen molar-refractivity contribution in [3.8, 4) is 5.75 Å². The number of benzene rings is 1. The van der Waals surface area contributed by atoms with E-state index in [0.29, 0.717) is 6.54 Å². The normalized spacial score (nSPS) is 18.5.